The molecule has 28 heavy (non-hydrogen) atoms. The van der Waals surface area contributed by atoms with Gasteiger partial charge in [-0.2, -0.15) is 9.36 Å². The highest BCUT2D eigenvalue weighted by Crippen LogP contribution is 2.29. The Balaban J connectivity index is 1.50. The molecular formula is C19H13FN4O2S2. The molecule has 0 aliphatic rings. The van der Waals surface area contributed by atoms with Crippen molar-refractivity contribution in [2.24, 2.45) is 0 Å². The van der Waals surface area contributed by atoms with E-state index in [0.29, 0.717) is 32.2 Å². The summed E-state index contributed by atoms with van der Waals surface area (Å²) in [6.45, 7) is 0. The summed E-state index contributed by atoms with van der Waals surface area (Å²) in [6.07, 6.45) is 1.42. The van der Waals surface area contributed by atoms with E-state index in [4.69, 9.17) is 4.74 Å². The number of anilines is 1. The molecule has 9 heteroatoms. The zero-order chi connectivity index (χ0) is 19.5. The van der Waals surface area contributed by atoms with Crippen molar-refractivity contribution in [3.8, 4) is 27.7 Å². The number of benzene rings is 2. The van der Waals surface area contributed by atoms with Gasteiger partial charge in [-0.15, -0.1) is 11.3 Å². The van der Waals surface area contributed by atoms with Crippen molar-refractivity contribution in [1.82, 2.24) is 14.3 Å². The number of thiazole rings is 1. The van der Waals surface area contributed by atoms with E-state index in [-0.39, 0.29) is 11.7 Å². The van der Waals surface area contributed by atoms with Crippen LogP contribution >= 0.6 is 22.9 Å². The number of amides is 1. The van der Waals surface area contributed by atoms with Crippen LogP contribution in [0.5, 0.6) is 5.75 Å². The smallest absolute Gasteiger partial charge is 0.269 e. The van der Waals surface area contributed by atoms with Crippen LogP contribution in [0.1, 0.15) is 9.67 Å². The largest absolute Gasteiger partial charge is 0.497 e. The quantitative estimate of drug-likeness (QED) is 0.513. The highest BCUT2D eigenvalue weighted by Gasteiger charge is 2.16. The molecule has 6 nitrogen and oxygen atoms in total. The summed E-state index contributed by atoms with van der Waals surface area (Å²) in [5.74, 6) is 0.447. The maximum atomic E-state index is 13.9. The normalized spacial score (nSPS) is 10.6. The van der Waals surface area contributed by atoms with E-state index in [9.17, 15) is 9.18 Å². The number of methoxy groups -OCH3 is 1. The minimum atomic E-state index is -0.379. The molecule has 0 saturated heterocycles. The van der Waals surface area contributed by atoms with Crippen LogP contribution in [-0.2, 0) is 0 Å². The average Bonchev–Trinajstić information content (AvgIpc) is 3.38. The zero-order valence-electron chi connectivity index (χ0n) is 14.5. The highest BCUT2D eigenvalue weighted by molar-refractivity contribution is 7.17. The van der Waals surface area contributed by atoms with Crippen molar-refractivity contribution in [2.45, 2.75) is 0 Å². The summed E-state index contributed by atoms with van der Waals surface area (Å²) < 4.78 is 23.4. The lowest BCUT2D eigenvalue weighted by atomic mass is 10.2. The Morgan fingerprint density at radius 2 is 2.04 bits per heavy atom. The fourth-order valence-corrected chi connectivity index (χ4v) is 3.87. The summed E-state index contributed by atoms with van der Waals surface area (Å²) in [5, 5.41) is 3.51. The molecule has 4 aromatic rings. The third kappa shape index (κ3) is 3.75. The maximum absolute atomic E-state index is 13.9. The SMILES string of the molecule is COc1cccc(-c2nsc(NC(=O)c3cnc(-c4ccccc4F)s3)n2)c1. The van der Waals surface area contributed by atoms with Crippen LogP contribution in [-0.4, -0.2) is 27.4 Å². The van der Waals surface area contributed by atoms with Gasteiger partial charge in [-0.05, 0) is 24.3 Å². The molecular weight excluding hydrogens is 399 g/mol. The molecule has 0 fully saturated rings. The van der Waals surface area contributed by atoms with Crippen LogP contribution in [0, 0.1) is 5.82 Å². The average molecular weight is 412 g/mol. The molecule has 2 heterocycles. The first kappa shape index (κ1) is 18.2. The van der Waals surface area contributed by atoms with Crippen LogP contribution in [0.25, 0.3) is 22.0 Å². The van der Waals surface area contributed by atoms with Crippen molar-refractivity contribution in [1.29, 1.82) is 0 Å². The molecule has 0 aliphatic carbocycles. The lowest BCUT2D eigenvalue weighted by Gasteiger charge is -2.00. The Kier molecular flexibility index (Phi) is 5.09. The van der Waals surface area contributed by atoms with Gasteiger partial charge in [0.1, 0.15) is 21.5 Å². The van der Waals surface area contributed by atoms with E-state index in [1.807, 2.05) is 24.3 Å². The molecule has 1 N–H and O–H groups in total. The van der Waals surface area contributed by atoms with Gasteiger partial charge in [0.15, 0.2) is 5.82 Å². The number of nitrogens with zero attached hydrogens (tertiary/aromatic N) is 3. The Labute approximate surface area is 167 Å². The lowest BCUT2D eigenvalue weighted by Crippen LogP contribution is -2.09. The van der Waals surface area contributed by atoms with Crippen LogP contribution in [0.3, 0.4) is 0 Å². The van der Waals surface area contributed by atoms with Crippen LogP contribution < -0.4 is 10.1 Å². The second kappa shape index (κ2) is 7.83. The number of carbonyl (C=O) groups is 1. The minimum absolute atomic E-state index is 0.358. The van der Waals surface area contributed by atoms with Crippen LogP contribution in [0.2, 0.25) is 0 Å². The Morgan fingerprint density at radius 1 is 1.18 bits per heavy atom. The van der Waals surface area contributed by atoms with Gasteiger partial charge in [-0.3, -0.25) is 10.1 Å². The van der Waals surface area contributed by atoms with E-state index < -0.39 is 0 Å². The van der Waals surface area contributed by atoms with Crippen LogP contribution in [0.4, 0.5) is 9.52 Å². The fraction of sp³-hybridized carbons (Fsp3) is 0.0526. The Bertz CT molecular complexity index is 1140. The molecule has 1 amide bonds. The summed E-state index contributed by atoms with van der Waals surface area (Å²) in [6, 6.07) is 13.7. The van der Waals surface area contributed by atoms with E-state index in [0.717, 1.165) is 28.4 Å². The number of hydrogen-bond donors (Lipinski definition) is 1. The first-order valence-electron chi connectivity index (χ1n) is 8.14. The predicted octanol–water partition coefficient (Wildman–Crippen LogP) is 4.73. The molecule has 140 valence electrons. The van der Waals surface area contributed by atoms with E-state index in [2.05, 4.69) is 19.7 Å². The first-order valence-corrected chi connectivity index (χ1v) is 9.73. The Morgan fingerprint density at radius 3 is 2.86 bits per heavy atom. The van der Waals surface area contributed by atoms with Crippen molar-refractivity contribution in [2.75, 3.05) is 12.4 Å². The van der Waals surface area contributed by atoms with Gasteiger partial charge in [-0.1, -0.05) is 24.3 Å². The molecule has 0 saturated carbocycles. The molecule has 0 spiro atoms. The van der Waals surface area contributed by atoms with E-state index >= 15 is 0 Å². The number of carbonyl (C=O) groups excluding carboxylic acids is 1. The molecule has 0 aliphatic heterocycles. The summed E-state index contributed by atoms with van der Waals surface area (Å²) >= 11 is 2.19. The van der Waals surface area contributed by atoms with Gasteiger partial charge in [0.2, 0.25) is 5.13 Å². The van der Waals surface area contributed by atoms with Crippen molar-refractivity contribution in [3.63, 3.8) is 0 Å². The van der Waals surface area contributed by atoms with Gasteiger partial charge in [0.25, 0.3) is 5.91 Å². The highest BCUT2D eigenvalue weighted by atomic mass is 32.1. The topological polar surface area (TPSA) is 77.0 Å². The fourth-order valence-electron chi connectivity index (χ4n) is 2.45. The van der Waals surface area contributed by atoms with Gasteiger partial charge < -0.3 is 4.74 Å². The number of aromatic nitrogens is 3. The number of ether oxygens (including phenoxy) is 1. The molecule has 4 rings (SSSR count). The third-order valence-corrected chi connectivity index (χ3v) is 5.47. The van der Waals surface area contributed by atoms with Crippen molar-refractivity contribution in [3.05, 3.63) is 65.4 Å². The molecule has 2 aromatic carbocycles. The van der Waals surface area contributed by atoms with E-state index in [1.165, 1.54) is 12.3 Å². The third-order valence-electron chi connectivity index (χ3n) is 3.81. The molecule has 0 unspecified atom stereocenters. The predicted molar refractivity (Wildman–Crippen MR) is 107 cm³/mol. The van der Waals surface area contributed by atoms with E-state index in [1.54, 1.807) is 25.3 Å². The van der Waals surface area contributed by atoms with Gasteiger partial charge in [0.05, 0.1) is 13.3 Å². The molecule has 0 atom stereocenters. The second-order valence-corrected chi connectivity index (χ2v) is 7.40. The minimum Gasteiger partial charge on any atom is -0.497 e. The Hall–Kier alpha value is -3.17. The summed E-state index contributed by atoms with van der Waals surface area (Å²) in [4.78, 5) is 21.3. The number of hydrogen-bond acceptors (Lipinski definition) is 7. The second-order valence-electron chi connectivity index (χ2n) is 5.62. The molecule has 2 aromatic heterocycles. The molecule has 0 bridgehead atoms. The van der Waals surface area contributed by atoms with Gasteiger partial charge >= 0.3 is 0 Å². The van der Waals surface area contributed by atoms with Gasteiger partial charge in [-0.25, -0.2) is 9.37 Å². The van der Waals surface area contributed by atoms with Crippen LogP contribution in [0.15, 0.2) is 54.7 Å². The summed E-state index contributed by atoms with van der Waals surface area (Å²) in [5.41, 5.74) is 1.15. The monoisotopic (exact) mass is 412 g/mol. The van der Waals surface area contributed by atoms with Gasteiger partial charge in [0, 0.05) is 22.7 Å². The molecule has 0 radical (unpaired) electrons. The lowest BCUT2D eigenvalue weighted by molar-refractivity contribution is 0.103. The zero-order valence-corrected chi connectivity index (χ0v) is 16.2. The summed E-state index contributed by atoms with van der Waals surface area (Å²) in [7, 11) is 1.59. The number of nitrogens with one attached hydrogen (secondary N) is 1. The number of halogens is 1. The number of rotatable bonds is 5. The van der Waals surface area contributed by atoms with Crippen molar-refractivity contribution < 1.29 is 13.9 Å². The maximum Gasteiger partial charge on any atom is 0.269 e. The van der Waals surface area contributed by atoms with Crippen molar-refractivity contribution >= 4 is 33.9 Å². The standard InChI is InChI=1S/C19H13FN4O2S2/c1-26-12-6-4-5-11(9-12)16-22-19(28-24-16)23-17(25)15-10-21-18(27-15)13-7-2-3-8-14(13)20/h2-10H,1H3,(H,22,23,24,25). The first-order chi connectivity index (χ1) is 13.6.